The summed E-state index contributed by atoms with van der Waals surface area (Å²) in [6, 6.07) is 13.8. The van der Waals surface area contributed by atoms with E-state index in [1.165, 1.54) is 16.4 Å². The van der Waals surface area contributed by atoms with Crippen LogP contribution in [0.4, 0.5) is 5.69 Å². The summed E-state index contributed by atoms with van der Waals surface area (Å²) in [7, 11) is -3.59. The maximum Gasteiger partial charge on any atom is 0.243 e. The molecule has 1 amide bonds. The largest absolute Gasteiger partial charge is 0.379 e. The van der Waals surface area contributed by atoms with Crippen LogP contribution in [0.2, 0.25) is 5.02 Å². The smallest absolute Gasteiger partial charge is 0.243 e. The Kier molecular flexibility index (Phi) is 7.36. The fourth-order valence-corrected chi connectivity index (χ4v) is 5.12. The minimum Gasteiger partial charge on any atom is -0.379 e. The van der Waals surface area contributed by atoms with Gasteiger partial charge in [0.1, 0.15) is 0 Å². The van der Waals surface area contributed by atoms with E-state index in [0.717, 1.165) is 4.90 Å². The molecule has 0 aliphatic carbocycles. The lowest BCUT2D eigenvalue weighted by Gasteiger charge is -2.26. The van der Waals surface area contributed by atoms with E-state index in [2.05, 4.69) is 5.32 Å². The van der Waals surface area contributed by atoms with E-state index >= 15 is 0 Å². The van der Waals surface area contributed by atoms with Crippen LogP contribution in [0.25, 0.3) is 0 Å². The number of carbonyl (C=O) groups is 1. The summed E-state index contributed by atoms with van der Waals surface area (Å²) in [6.45, 7) is 1.45. The first-order valence-electron chi connectivity index (χ1n) is 8.81. The molecule has 0 radical (unpaired) electrons. The van der Waals surface area contributed by atoms with Gasteiger partial charge >= 0.3 is 0 Å². The second kappa shape index (κ2) is 9.76. The standard InChI is InChI=1S/C19H21ClN2O4S2/c20-15-4-6-17(7-5-15)27-13-8-19(23)21-16-2-1-3-18(14-16)28(24,25)22-9-11-26-12-10-22/h1-7,14H,8-13H2,(H,21,23). The van der Waals surface area contributed by atoms with Crippen LogP contribution < -0.4 is 5.32 Å². The van der Waals surface area contributed by atoms with Crippen LogP contribution in [-0.4, -0.2) is 50.7 Å². The van der Waals surface area contributed by atoms with Gasteiger partial charge in [-0.1, -0.05) is 17.7 Å². The zero-order chi connectivity index (χ0) is 20.0. The van der Waals surface area contributed by atoms with E-state index in [-0.39, 0.29) is 10.8 Å². The SMILES string of the molecule is O=C(CCSc1ccc(Cl)cc1)Nc1cccc(S(=O)(=O)N2CCOCC2)c1. The van der Waals surface area contributed by atoms with E-state index in [4.69, 9.17) is 16.3 Å². The Morgan fingerprint density at radius 1 is 1.14 bits per heavy atom. The molecule has 1 saturated heterocycles. The number of nitrogens with zero attached hydrogens (tertiary/aromatic N) is 1. The number of sulfonamides is 1. The minimum atomic E-state index is -3.59. The molecule has 0 bridgehead atoms. The second-order valence-electron chi connectivity index (χ2n) is 6.14. The van der Waals surface area contributed by atoms with Gasteiger partial charge in [-0.15, -0.1) is 11.8 Å². The summed E-state index contributed by atoms with van der Waals surface area (Å²) in [5, 5.41) is 3.45. The zero-order valence-corrected chi connectivity index (χ0v) is 17.5. The van der Waals surface area contributed by atoms with Crippen molar-refractivity contribution in [2.24, 2.45) is 0 Å². The number of morpholine rings is 1. The van der Waals surface area contributed by atoms with Crippen molar-refractivity contribution in [3.05, 3.63) is 53.6 Å². The number of halogens is 1. The van der Waals surface area contributed by atoms with Gasteiger partial charge in [-0.05, 0) is 42.5 Å². The quantitative estimate of drug-likeness (QED) is 0.667. The van der Waals surface area contributed by atoms with Crippen LogP contribution in [0.5, 0.6) is 0 Å². The number of hydrogen-bond acceptors (Lipinski definition) is 5. The number of benzene rings is 2. The number of rotatable bonds is 7. The summed E-state index contributed by atoms with van der Waals surface area (Å²) in [4.78, 5) is 13.4. The highest BCUT2D eigenvalue weighted by Crippen LogP contribution is 2.22. The third-order valence-corrected chi connectivity index (χ3v) is 7.30. The van der Waals surface area contributed by atoms with E-state index in [9.17, 15) is 13.2 Å². The summed E-state index contributed by atoms with van der Waals surface area (Å²) in [5.41, 5.74) is 0.468. The first kappa shape index (κ1) is 21.1. The number of carbonyl (C=O) groups excluding carboxylic acids is 1. The predicted octanol–water partition coefficient (Wildman–Crippen LogP) is 3.48. The Labute approximate surface area is 174 Å². The molecule has 9 heteroatoms. The molecule has 2 aromatic carbocycles. The van der Waals surface area contributed by atoms with Crippen molar-refractivity contribution in [3.63, 3.8) is 0 Å². The van der Waals surface area contributed by atoms with Crippen LogP contribution in [0.15, 0.2) is 58.3 Å². The van der Waals surface area contributed by atoms with Crippen LogP contribution in [-0.2, 0) is 19.6 Å². The fourth-order valence-electron chi connectivity index (χ4n) is 2.69. The molecule has 1 fully saturated rings. The van der Waals surface area contributed by atoms with E-state index in [1.54, 1.807) is 23.9 Å². The van der Waals surface area contributed by atoms with Crippen LogP contribution in [0.1, 0.15) is 6.42 Å². The van der Waals surface area contributed by atoms with Crippen molar-refractivity contribution < 1.29 is 17.9 Å². The van der Waals surface area contributed by atoms with Gasteiger partial charge in [-0.2, -0.15) is 4.31 Å². The van der Waals surface area contributed by atoms with Crippen LogP contribution >= 0.6 is 23.4 Å². The van der Waals surface area contributed by atoms with Crippen molar-refractivity contribution in [2.45, 2.75) is 16.2 Å². The topological polar surface area (TPSA) is 75.7 Å². The van der Waals surface area contributed by atoms with Crippen molar-refractivity contribution in [3.8, 4) is 0 Å². The average Bonchev–Trinajstić information content (AvgIpc) is 2.70. The molecule has 1 aliphatic rings. The molecule has 1 N–H and O–H groups in total. The first-order valence-corrected chi connectivity index (χ1v) is 11.6. The predicted molar refractivity (Wildman–Crippen MR) is 111 cm³/mol. The van der Waals surface area contributed by atoms with Gasteiger partial charge in [0.2, 0.25) is 15.9 Å². The normalized spacial score (nSPS) is 15.3. The number of anilines is 1. The molecule has 28 heavy (non-hydrogen) atoms. The maximum absolute atomic E-state index is 12.7. The first-order chi connectivity index (χ1) is 13.4. The molecule has 0 atom stereocenters. The lowest BCUT2D eigenvalue weighted by atomic mass is 10.3. The van der Waals surface area contributed by atoms with Crippen molar-refractivity contribution >= 4 is 45.0 Å². The van der Waals surface area contributed by atoms with E-state index in [0.29, 0.717) is 49.2 Å². The fraction of sp³-hybridized carbons (Fsp3) is 0.316. The highest BCUT2D eigenvalue weighted by atomic mass is 35.5. The summed E-state index contributed by atoms with van der Waals surface area (Å²) in [5.74, 6) is 0.446. The molecule has 150 valence electrons. The van der Waals surface area contributed by atoms with Gasteiger partial charge in [0.25, 0.3) is 0 Å². The second-order valence-corrected chi connectivity index (χ2v) is 9.69. The summed E-state index contributed by atoms with van der Waals surface area (Å²) >= 11 is 7.42. The van der Waals surface area contributed by atoms with Gasteiger partial charge in [0.05, 0.1) is 18.1 Å². The van der Waals surface area contributed by atoms with Gasteiger partial charge < -0.3 is 10.1 Å². The van der Waals surface area contributed by atoms with Crippen molar-refractivity contribution in [1.82, 2.24) is 4.31 Å². The molecular weight excluding hydrogens is 420 g/mol. The highest BCUT2D eigenvalue weighted by Gasteiger charge is 2.26. The number of nitrogens with one attached hydrogen (secondary N) is 1. The Morgan fingerprint density at radius 2 is 1.86 bits per heavy atom. The van der Waals surface area contributed by atoms with E-state index < -0.39 is 10.0 Å². The Bertz CT molecular complexity index is 914. The monoisotopic (exact) mass is 440 g/mol. The van der Waals surface area contributed by atoms with Crippen molar-refractivity contribution in [2.75, 3.05) is 37.4 Å². The molecule has 6 nitrogen and oxygen atoms in total. The molecule has 1 heterocycles. The van der Waals surface area contributed by atoms with Gasteiger partial charge in [-0.25, -0.2) is 8.42 Å². The summed E-state index contributed by atoms with van der Waals surface area (Å²) < 4.78 is 32.1. The maximum atomic E-state index is 12.7. The van der Waals surface area contributed by atoms with E-state index in [1.807, 2.05) is 24.3 Å². The highest BCUT2D eigenvalue weighted by molar-refractivity contribution is 7.99. The molecule has 0 saturated carbocycles. The number of hydrogen-bond donors (Lipinski definition) is 1. The number of amides is 1. The van der Waals surface area contributed by atoms with Gasteiger partial charge in [0, 0.05) is 40.9 Å². The Hall–Kier alpha value is -1.58. The third-order valence-electron chi connectivity index (χ3n) is 4.14. The van der Waals surface area contributed by atoms with Crippen LogP contribution in [0, 0.1) is 0 Å². The van der Waals surface area contributed by atoms with Gasteiger partial charge in [-0.3, -0.25) is 4.79 Å². The Morgan fingerprint density at radius 3 is 2.57 bits per heavy atom. The number of thioether (sulfide) groups is 1. The van der Waals surface area contributed by atoms with Crippen LogP contribution in [0.3, 0.4) is 0 Å². The zero-order valence-electron chi connectivity index (χ0n) is 15.1. The molecular formula is C19H21ClN2O4S2. The number of ether oxygens (including phenoxy) is 1. The third kappa shape index (κ3) is 5.71. The molecule has 0 spiro atoms. The molecule has 1 aliphatic heterocycles. The molecule has 3 rings (SSSR count). The lowest BCUT2D eigenvalue weighted by molar-refractivity contribution is -0.115. The molecule has 0 aromatic heterocycles. The lowest BCUT2D eigenvalue weighted by Crippen LogP contribution is -2.40. The van der Waals surface area contributed by atoms with Gasteiger partial charge in [0.15, 0.2) is 0 Å². The summed E-state index contributed by atoms with van der Waals surface area (Å²) in [6.07, 6.45) is 0.313. The molecule has 0 unspecified atom stereocenters. The Balaban J connectivity index is 1.56. The molecule has 2 aromatic rings. The van der Waals surface area contributed by atoms with Crippen molar-refractivity contribution in [1.29, 1.82) is 0 Å². The minimum absolute atomic E-state index is 0.164. The average molecular weight is 441 g/mol.